The van der Waals surface area contributed by atoms with Crippen molar-refractivity contribution in [2.75, 3.05) is 12.0 Å². The van der Waals surface area contributed by atoms with Crippen LogP contribution in [0.1, 0.15) is 25.3 Å². The molecule has 0 bridgehead atoms. The number of hydrogen-bond donors (Lipinski definition) is 2. The molecule has 0 heterocycles. The molecule has 0 aliphatic carbocycles. The Morgan fingerprint density at radius 3 is 2.86 bits per heavy atom. The summed E-state index contributed by atoms with van der Waals surface area (Å²) in [5.74, 6) is 0. The molecule has 78 valence electrons. The summed E-state index contributed by atoms with van der Waals surface area (Å²) < 4.78 is 0. The Morgan fingerprint density at radius 1 is 1.36 bits per heavy atom. The summed E-state index contributed by atoms with van der Waals surface area (Å²) in [5, 5.41) is 0.760. The van der Waals surface area contributed by atoms with Gasteiger partial charge in [-0.2, -0.15) is 0 Å². The van der Waals surface area contributed by atoms with Gasteiger partial charge in [0.15, 0.2) is 0 Å². The van der Waals surface area contributed by atoms with Crippen molar-refractivity contribution in [3.8, 4) is 0 Å². The summed E-state index contributed by atoms with van der Waals surface area (Å²) in [5.41, 5.74) is 8.56. The SMILES string of the molecule is CCCCNNc1cc(Cl)ccc1C. The van der Waals surface area contributed by atoms with Crippen molar-refractivity contribution in [2.45, 2.75) is 26.7 Å². The van der Waals surface area contributed by atoms with Gasteiger partial charge < -0.3 is 5.43 Å². The fraction of sp³-hybridized carbons (Fsp3) is 0.455. The Morgan fingerprint density at radius 2 is 2.14 bits per heavy atom. The smallest absolute Gasteiger partial charge is 0.0531 e. The lowest BCUT2D eigenvalue weighted by atomic mass is 10.2. The Kier molecular flexibility index (Phi) is 4.77. The van der Waals surface area contributed by atoms with E-state index in [2.05, 4.69) is 24.7 Å². The third kappa shape index (κ3) is 3.56. The number of benzene rings is 1. The fourth-order valence-electron chi connectivity index (χ4n) is 1.15. The van der Waals surface area contributed by atoms with Gasteiger partial charge in [0.25, 0.3) is 0 Å². The first-order valence-electron chi connectivity index (χ1n) is 4.99. The fourth-order valence-corrected chi connectivity index (χ4v) is 1.32. The van der Waals surface area contributed by atoms with Crippen LogP contribution in [0, 0.1) is 6.92 Å². The van der Waals surface area contributed by atoms with E-state index in [1.165, 1.54) is 18.4 Å². The molecular weight excluding hydrogens is 196 g/mol. The van der Waals surface area contributed by atoms with Crippen LogP contribution < -0.4 is 10.9 Å². The molecule has 1 aromatic rings. The third-order valence-corrected chi connectivity index (χ3v) is 2.31. The van der Waals surface area contributed by atoms with Gasteiger partial charge in [0.2, 0.25) is 0 Å². The van der Waals surface area contributed by atoms with Gasteiger partial charge in [-0.25, -0.2) is 5.43 Å². The largest absolute Gasteiger partial charge is 0.321 e. The third-order valence-electron chi connectivity index (χ3n) is 2.08. The van der Waals surface area contributed by atoms with Crippen molar-refractivity contribution < 1.29 is 0 Å². The summed E-state index contributed by atoms with van der Waals surface area (Å²) in [6.07, 6.45) is 2.37. The van der Waals surface area contributed by atoms with Gasteiger partial charge in [0.1, 0.15) is 0 Å². The van der Waals surface area contributed by atoms with Gasteiger partial charge in [-0.3, -0.25) is 0 Å². The van der Waals surface area contributed by atoms with Crippen LogP contribution in [0.5, 0.6) is 0 Å². The van der Waals surface area contributed by atoms with E-state index in [4.69, 9.17) is 11.6 Å². The first kappa shape index (κ1) is 11.3. The Balaban J connectivity index is 2.45. The number of anilines is 1. The minimum absolute atomic E-state index is 0.760. The van der Waals surface area contributed by atoms with E-state index in [0.717, 1.165) is 17.3 Å². The number of rotatable bonds is 5. The molecule has 0 radical (unpaired) electrons. The molecule has 2 N–H and O–H groups in total. The van der Waals surface area contributed by atoms with Crippen LogP contribution in [0.4, 0.5) is 5.69 Å². The maximum absolute atomic E-state index is 5.89. The lowest BCUT2D eigenvalue weighted by Gasteiger charge is -2.10. The minimum Gasteiger partial charge on any atom is -0.321 e. The van der Waals surface area contributed by atoms with E-state index in [0.29, 0.717) is 0 Å². The van der Waals surface area contributed by atoms with Gasteiger partial charge in [0, 0.05) is 11.6 Å². The second kappa shape index (κ2) is 5.89. The summed E-state index contributed by atoms with van der Waals surface area (Å²) in [6, 6.07) is 5.83. The number of nitrogens with one attached hydrogen (secondary N) is 2. The summed E-state index contributed by atoms with van der Waals surface area (Å²) in [6.45, 7) is 5.20. The van der Waals surface area contributed by atoms with Crippen molar-refractivity contribution in [3.63, 3.8) is 0 Å². The molecule has 0 saturated carbocycles. The highest BCUT2D eigenvalue weighted by Gasteiger charge is 1.97. The minimum atomic E-state index is 0.760. The van der Waals surface area contributed by atoms with Crippen molar-refractivity contribution >= 4 is 17.3 Å². The summed E-state index contributed by atoms with van der Waals surface area (Å²) in [7, 11) is 0. The molecule has 0 aliphatic rings. The molecule has 0 aromatic heterocycles. The Labute approximate surface area is 90.6 Å². The van der Waals surface area contributed by atoms with Crippen molar-refractivity contribution in [2.24, 2.45) is 0 Å². The van der Waals surface area contributed by atoms with Crippen LogP contribution in [0.25, 0.3) is 0 Å². The lowest BCUT2D eigenvalue weighted by Crippen LogP contribution is -2.23. The highest BCUT2D eigenvalue weighted by Crippen LogP contribution is 2.19. The number of hydrazine groups is 1. The van der Waals surface area contributed by atoms with Crippen LogP contribution in [-0.4, -0.2) is 6.54 Å². The highest BCUT2D eigenvalue weighted by atomic mass is 35.5. The molecule has 0 atom stereocenters. The van der Waals surface area contributed by atoms with E-state index in [1.807, 2.05) is 18.2 Å². The van der Waals surface area contributed by atoms with Crippen LogP contribution in [0.2, 0.25) is 5.02 Å². The van der Waals surface area contributed by atoms with Crippen LogP contribution in [0.3, 0.4) is 0 Å². The van der Waals surface area contributed by atoms with Gasteiger partial charge in [-0.05, 0) is 31.0 Å². The van der Waals surface area contributed by atoms with E-state index < -0.39 is 0 Å². The first-order chi connectivity index (χ1) is 6.74. The van der Waals surface area contributed by atoms with Gasteiger partial charge in [0.05, 0.1) is 5.69 Å². The summed E-state index contributed by atoms with van der Waals surface area (Å²) in [4.78, 5) is 0. The second-order valence-electron chi connectivity index (χ2n) is 3.36. The molecule has 2 nitrogen and oxygen atoms in total. The standard InChI is InChI=1S/C11H17ClN2/c1-3-4-7-13-14-11-8-10(12)6-5-9(11)2/h5-6,8,13-14H,3-4,7H2,1-2H3. The predicted octanol–water partition coefficient (Wildman–Crippen LogP) is 3.37. The topological polar surface area (TPSA) is 24.1 Å². The van der Waals surface area contributed by atoms with Crippen molar-refractivity contribution in [3.05, 3.63) is 28.8 Å². The van der Waals surface area contributed by atoms with Gasteiger partial charge in [-0.15, -0.1) is 0 Å². The molecule has 3 heteroatoms. The maximum atomic E-state index is 5.89. The Hall–Kier alpha value is -0.730. The highest BCUT2D eigenvalue weighted by molar-refractivity contribution is 6.30. The van der Waals surface area contributed by atoms with E-state index >= 15 is 0 Å². The first-order valence-corrected chi connectivity index (χ1v) is 5.37. The number of hydrogen-bond acceptors (Lipinski definition) is 2. The van der Waals surface area contributed by atoms with E-state index in [1.54, 1.807) is 0 Å². The lowest BCUT2D eigenvalue weighted by molar-refractivity contribution is 0.703. The maximum Gasteiger partial charge on any atom is 0.0531 e. The average molecular weight is 213 g/mol. The van der Waals surface area contributed by atoms with E-state index in [-0.39, 0.29) is 0 Å². The average Bonchev–Trinajstić information content (AvgIpc) is 2.18. The number of aryl methyl sites for hydroxylation is 1. The molecule has 0 aliphatic heterocycles. The van der Waals surface area contributed by atoms with E-state index in [9.17, 15) is 0 Å². The van der Waals surface area contributed by atoms with Gasteiger partial charge in [-0.1, -0.05) is 31.0 Å². The molecule has 0 saturated heterocycles. The molecular formula is C11H17ClN2. The monoisotopic (exact) mass is 212 g/mol. The Bertz CT molecular complexity index is 287. The molecule has 0 fully saturated rings. The number of halogens is 1. The van der Waals surface area contributed by atoms with Crippen molar-refractivity contribution in [1.82, 2.24) is 5.43 Å². The quantitative estimate of drug-likeness (QED) is 0.578. The van der Waals surface area contributed by atoms with Crippen LogP contribution in [0.15, 0.2) is 18.2 Å². The molecule has 0 amide bonds. The zero-order valence-corrected chi connectivity index (χ0v) is 9.49. The van der Waals surface area contributed by atoms with Gasteiger partial charge >= 0.3 is 0 Å². The second-order valence-corrected chi connectivity index (χ2v) is 3.80. The zero-order chi connectivity index (χ0) is 10.4. The zero-order valence-electron chi connectivity index (χ0n) is 8.73. The predicted molar refractivity (Wildman–Crippen MR) is 62.7 cm³/mol. The molecule has 14 heavy (non-hydrogen) atoms. The molecule has 1 aromatic carbocycles. The summed E-state index contributed by atoms with van der Waals surface area (Å²) >= 11 is 5.89. The van der Waals surface area contributed by atoms with Crippen LogP contribution >= 0.6 is 11.6 Å². The normalized spacial score (nSPS) is 10.2. The number of unbranched alkanes of at least 4 members (excludes halogenated alkanes) is 1. The van der Waals surface area contributed by atoms with Crippen molar-refractivity contribution in [1.29, 1.82) is 0 Å². The molecule has 0 spiro atoms. The molecule has 0 unspecified atom stereocenters. The van der Waals surface area contributed by atoms with Crippen LogP contribution in [-0.2, 0) is 0 Å². The molecule has 1 rings (SSSR count).